The summed E-state index contributed by atoms with van der Waals surface area (Å²) >= 11 is 0. The maximum Gasteiger partial charge on any atom is 0.229 e. The van der Waals surface area contributed by atoms with Gasteiger partial charge in [0.1, 0.15) is 5.82 Å². The number of rotatable bonds is 6. The van der Waals surface area contributed by atoms with E-state index < -0.39 is 0 Å². The van der Waals surface area contributed by atoms with E-state index in [2.05, 4.69) is 15.4 Å². The Kier molecular flexibility index (Phi) is 5.42. The largest absolute Gasteiger partial charge is 0.309 e. The summed E-state index contributed by atoms with van der Waals surface area (Å²) < 4.78 is 14.7. The summed E-state index contributed by atoms with van der Waals surface area (Å²) in [5.41, 5.74) is 4.02. The summed E-state index contributed by atoms with van der Waals surface area (Å²) in [6.07, 6.45) is 5.56. The first kappa shape index (κ1) is 18.6. The molecule has 2 aromatic carbocycles. The quantitative estimate of drug-likeness (QED) is 0.537. The van der Waals surface area contributed by atoms with Gasteiger partial charge in [0.2, 0.25) is 5.91 Å². The molecule has 0 bridgehead atoms. The Hall–Kier alpha value is -3.80. The van der Waals surface area contributed by atoms with Gasteiger partial charge in [0.15, 0.2) is 5.82 Å². The van der Waals surface area contributed by atoms with Gasteiger partial charge in [-0.15, -0.1) is 0 Å². The molecule has 0 aliphatic carbocycles. The number of nitrogens with zero attached hydrogens (tertiary/aromatic N) is 3. The van der Waals surface area contributed by atoms with Crippen molar-refractivity contribution in [2.75, 3.05) is 5.32 Å². The third-order valence-electron chi connectivity index (χ3n) is 4.50. The van der Waals surface area contributed by atoms with Gasteiger partial charge in [-0.2, -0.15) is 5.10 Å². The third kappa shape index (κ3) is 4.93. The van der Waals surface area contributed by atoms with Crippen molar-refractivity contribution >= 4 is 11.7 Å². The first-order valence-corrected chi connectivity index (χ1v) is 9.23. The van der Waals surface area contributed by atoms with Crippen molar-refractivity contribution in [1.82, 2.24) is 14.8 Å². The first-order chi connectivity index (χ1) is 14.2. The van der Waals surface area contributed by atoms with Gasteiger partial charge in [-0.05, 0) is 46.5 Å². The van der Waals surface area contributed by atoms with Gasteiger partial charge in [0, 0.05) is 24.7 Å². The number of aromatic nitrogens is 3. The standard InChI is InChI=1S/C23H19FN4O/c24-21-7-3-18(4-8-21)16-28-14-11-22(27-28)26-23(29)15-17-1-5-19(6-2-17)20-9-12-25-13-10-20/h1-14H,15-16H2,(H,26,27,29). The molecule has 5 nitrogen and oxygen atoms in total. The molecule has 0 spiro atoms. The molecule has 6 heteroatoms. The van der Waals surface area contributed by atoms with Crippen LogP contribution in [0, 0.1) is 5.82 Å². The molecule has 0 unspecified atom stereocenters. The van der Waals surface area contributed by atoms with Crippen molar-refractivity contribution in [3.8, 4) is 11.1 Å². The Labute approximate surface area is 167 Å². The number of pyridine rings is 1. The van der Waals surface area contributed by atoms with Crippen molar-refractivity contribution in [2.45, 2.75) is 13.0 Å². The molecule has 0 atom stereocenters. The highest BCUT2D eigenvalue weighted by atomic mass is 19.1. The van der Waals surface area contributed by atoms with Gasteiger partial charge in [0.25, 0.3) is 0 Å². The monoisotopic (exact) mass is 386 g/mol. The SMILES string of the molecule is O=C(Cc1ccc(-c2ccncc2)cc1)Nc1ccn(Cc2ccc(F)cc2)n1. The highest BCUT2D eigenvalue weighted by Gasteiger charge is 2.07. The number of nitrogens with one attached hydrogen (secondary N) is 1. The number of amides is 1. The number of halogens is 1. The molecule has 4 rings (SSSR count). The number of hydrogen-bond acceptors (Lipinski definition) is 3. The molecule has 29 heavy (non-hydrogen) atoms. The number of benzene rings is 2. The Morgan fingerprint density at radius 1 is 0.862 bits per heavy atom. The van der Waals surface area contributed by atoms with Crippen molar-refractivity contribution in [3.63, 3.8) is 0 Å². The fourth-order valence-corrected chi connectivity index (χ4v) is 3.03. The van der Waals surface area contributed by atoms with E-state index in [-0.39, 0.29) is 18.1 Å². The third-order valence-corrected chi connectivity index (χ3v) is 4.50. The average molecular weight is 386 g/mol. The lowest BCUT2D eigenvalue weighted by molar-refractivity contribution is -0.115. The van der Waals surface area contributed by atoms with Crippen LogP contribution in [0.3, 0.4) is 0 Å². The zero-order valence-corrected chi connectivity index (χ0v) is 15.6. The average Bonchev–Trinajstić information content (AvgIpc) is 3.17. The smallest absolute Gasteiger partial charge is 0.229 e. The minimum Gasteiger partial charge on any atom is -0.309 e. The van der Waals surface area contributed by atoms with E-state index in [1.165, 1.54) is 12.1 Å². The molecule has 0 aliphatic heterocycles. The van der Waals surface area contributed by atoms with Gasteiger partial charge in [0.05, 0.1) is 13.0 Å². The molecule has 0 fully saturated rings. The minimum absolute atomic E-state index is 0.131. The van der Waals surface area contributed by atoms with Crippen molar-refractivity contribution < 1.29 is 9.18 Å². The Morgan fingerprint density at radius 2 is 1.52 bits per heavy atom. The maximum atomic E-state index is 13.0. The number of anilines is 1. The molecule has 0 saturated heterocycles. The molecule has 0 saturated carbocycles. The first-order valence-electron chi connectivity index (χ1n) is 9.23. The van der Waals surface area contributed by atoms with Crippen LogP contribution in [-0.2, 0) is 17.8 Å². The summed E-state index contributed by atoms with van der Waals surface area (Å²) in [5.74, 6) is 0.0928. The van der Waals surface area contributed by atoms with Crippen LogP contribution in [0.4, 0.5) is 10.2 Å². The lowest BCUT2D eigenvalue weighted by Gasteiger charge is -2.05. The highest BCUT2D eigenvalue weighted by molar-refractivity contribution is 5.91. The molecule has 2 heterocycles. The molecule has 0 aliphatic rings. The normalized spacial score (nSPS) is 10.7. The topological polar surface area (TPSA) is 59.8 Å². The lowest BCUT2D eigenvalue weighted by Crippen LogP contribution is -2.15. The van der Waals surface area contributed by atoms with E-state index in [0.717, 1.165) is 22.3 Å². The van der Waals surface area contributed by atoms with Gasteiger partial charge >= 0.3 is 0 Å². The number of carbonyl (C=O) groups is 1. The lowest BCUT2D eigenvalue weighted by atomic mass is 10.0. The van der Waals surface area contributed by atoms with E-state index in [1.807, 2.05) is 36.4 Å². The van der Waals surface area contributed by atoms with Crippen molar-refractivity contribution in [1.29, 1.82) is 0 Å². The van der Waals surface area contributed by atoms with Gasteiger partial charge in [-0.3, -0.25) is 14.5 Å². The van der Waals surface area contributed by atoms with Crippen molar-refractivity contribution in [2.24, 2.45) is 0 Å². The Morgan fingerprint density at radius 3 is 2.24 bits per heavy atom. The van der Waals surface area contributed by atoms with E-state index in [1.54, 1.807) is 41.5 Å². The van der Waals surface area contributed by atoms with Gasteiger partial charge in [-0.25, -0.2) is 4.39 Å². The highest BCUT2D eigenvalue weighted by Crippen LogP contribution is 2.19. The second-order valence-electron chi connectivity index (χ2n) is 6.68. The molecule has 1 amide bonds. The van der Waals surface area contributed by atoms with Crippen LogP contribution in [0.1, 0.15) is 11.1 Å². The molecule has 4 aromatic rings. The summed E-state index contributed by atoms with van der Waals surface area (Å²) in [7, 11) is 0. The summed E-state index contributed by atoms with van der Waals surface area (Å²) in [6, 6.07) is 19.8. The Balaban J connectivity index is 1.34. The summed E-state index contributed by atoms with van der Waals surface area (Å²) in [5, 5.41) is 7.16. The zero-order chi connectivity index (χ0) is 20.1. The van der Waals surface area contributed by atoms with Crippen LogP contribution >= 0.6 is 0 Å². The van der Waals surface area contributed by atoms with Crippen LogP contribution < -0.4 is 5.32 Å². The molecule has 1 N–H and O–H groups in total. The van der Waals surface area contributed by atoms with Crippen LogP contribution in [0.2, 0.25) is 0 Å². The molecular weight excluding hydrogens is 367 g/mol. The van der Waals surface area contributed by atoms with Gasteiger partial charge < -0.3 is 5.32 Å². The predicted molar refractivity (Wildman–Crippen MR) is 110 cm³/mol. The van der Waals surface area contributed by atoms with E-state index >= 15 is 0 Å². The van der Waals surface area contributed by atoms with Gasteiger partial charge in [-0.1, -0.05) is 36.4 Å². The molecular formula is C23H19FN4O. The fourth-order valence-electron chi connectivity index (χ4n) is 3.03. The minimum atomic E-state index is -0.268. The van der Waals surface area contributed by atoms with Crippen LogP contribution in [0.15, 0.2) is 85.3 Å². The molecule has 144 valence electrons. The van der Waals surface area contributed by atoms with E-state index in [0.29, 0.717) is 12.4 Å². The van der Waals surface area contributed by atoms with Crippen LogP contribution in [-0.4, -0.2) is 20.7 Å². The summed E-state index contributed by atoms with van der Waals surface area (Å²) in [4.78, 5) is 16.4. The summed E-state index contributed by atoms with van der Waals surface area (Å²) in [6.45, 7) is 0.507. The van der Waals surface area contributed by atoms with E-state index in [9.17, 15) is 9.18 Å². The van der Waals surface area contributed by atoms with Crippen molar-refractivity contribution in [3.05, 3.63) is 102 Å². The number of hydrogen-bond donors (Lipinski definition) is 1. The van der Waals surface area contributed by atoms with Crippen LogP contribution in [0.25, 0.3) is 11.1 Å². The Bertz CT molecular complexity index is 1090. The van der Waals surface area contributed by atoms with E-state index in [4.69, 9.17) is 0 Å². The molecule has 2 aromatic heterocycles. The number of carbonyl (C=O) groups excluding carboxylic acids is 1. The maximum absolute atomic E-state index is 13.0. The fraction of sp³-hybridized carbons (Fsp3) is 0.0870. The predicted octanol–water partition coefficient (Wildman–Crippen LogP) is 4.31. The van der Waals surface area contributed by atoms with Crippen LogP contribution in [0.5, 0.6) is 0 Å². The zero-order valence-electron chi connectivity index (χ0n) is 15.6. The molecule has 0 radical (unpaired) electrons. The second-order valence-corrected chi connectivity index (χ2v) is 6.68. The second kappa shape index (κ2) is 8.48.